The van der Waals surface area contributed by atoms with Gasteiger partial charge in [0.1, 0.15) is 0 Å². The summed E-state index contributed by atoms with van der Waals surface area (Å²) in [5.74, 6) is 1.28. The first-order valence-corrected chi connectivity index (χ1v) is 7.97. The van der Waals surface area contributed by atoms with Crippen LogP contribution in [0.4, 0.5) is 5.69 Å². The van der Waals surface area contributed by atoms with Crippen LogP contribution in [0.5, 0.6) is 11.5 Å². The molecule has 0 saturated carbocycles. The molecule has 0 radical (unpaired) electrons. The van der Waals surface area contributed by atoms with Crippen LogP contribution in [-0.2, 0) is 4.79 Å². The molecule has 1 atom stereocenters. The Morgan fingerprint density at radius 1 is 1.13 bits per heavy atom. The number of hydrogen-bond acceptors (Lipinski definition) is 4. The second kappa shape index (κ2) is 12.0. The van der Waals surface area contributed by atoms with Gasteiger partial charge < -0.3 is 20.1 Å². The highest BCUT2D eigenvalue weighted by Gasteiger charge is 2.13. The number of carbonyl (C=O) groups excluding carboxylic acids is 1. The summed E-state index contributed by atoms with van der Waals surface area (Å²) in [4.78, 5) is 12.1. The Morgan fingerprint density at radius 3 is 2.30 bits per heavy atom. The van der Waals surface area contributed by atoms with Crippen molar-refractivity contribution in [2.45, 2.75) is 33.6 Å². The highest BCUT2D eigenvalue weighted by molar-refractivity contribution is 5.92. The second-order valence-corrected chi connectivity index (χ2v) is 5.31. The van der Waals surface area contributed by atoms with Gasteiger partial charge in [-0.1, -0.05) is 20.8 Å². The number of rotatable bonds is 10. The van der Waals surface area contributed by atoms with Crippen LogP contribution < -0.4 is 20.1 Å². The van der Waals surface area contributed by atoms with E-state index in [1.165, 1.54) is 0 Å². The lowest BCUT2D eigenvalue weighted by Crippen LogP contribution is -2.28. The molecule has 0 aliphatic heterocycles. The van der Waals surface area contributed by atoms with Crippen molar-refractivity contribution in [3.05, 3.63) is 18.2 Å². The maximum atomic E-state index is 12.1. The molecule has 0 fully saturated rings. The predicted molar refractivity (Wildman–Crippen MR) is 97.0 cm³/mol. The molecule has 0 heterocycles. The van der Waals surface area contributed by atoms with Crippen LogP contribution in [0, 0.1) is 5.92 Å². The maximum Gasteiger partial charge on any atom is 0.228 e. The van der Waals surface area contributed by atoms with Crippen LogP contribution in [0.15, 0.2) is 18.2 Å². The Morgan fingerprint density at radius 2 is 1.74 bits per heavy atom. The molecule has 0 aliphatic rings. The molecule has 1 rings (SSSR count). The third-order valence-electron chi connectivity index (χ3n) is 3.09. The topological polar surface area (TPSA) is 59.6 Å². The van der Waals surface area contributed by atoms with Crippen molar-refractivity contribution in [3.8, 4) is 11.5 Å². The summed E-state index contributed by atoms with van der Waals surface area (Å²) < 4.78 is 11.4. The summed E-state index contributed by atoms with van der Waals surface area (Å²) in [5, 5.41) is 5.91. The molecular weight excluding hydrogens is 316 g/mol. The van der Waals surface area contributed by atoms with Crippen molar-refractivity contribution in [2.24, 2.45) is 5.92 Å². The van der Waals surface area contributed by atoms with Gasteiger partial charge in [0.2, 0.25) is 5.91 Å². The molecule has 1 unspecified atom stereocenters. The quantitative estimate of drug-likeness (QED) is 0.682. The van der Waals surface area contributed by atoms with Gasteiger partial charge in [-0.2, -0.15) is 0 Å². The molecule has 0 aliphatic carbocycles. The van der Waals surface area contributed by atoms with E-state index >= 15 is 0 Å². The fourth-order valence-electron chi connectivity index (χ4n) is 1.91. The first kappa shape index (κ1) is 21.5. The Balaban J connectivity index is 0.00000484. The van der Waals surface area contributed by atoms with Crippen LogP contribution in [0.25, 0.3) is 0 Å². The van der Waals surface area contributed by atoms with Gasteiger partial charge in [0.05, 0.1) is 13.2 Å². The largest absolute Gasteiger partial charge is 0.490 e. The summed E-state index contributed by atoms with van der Waals surface area (Å²) in [6.07, 6.45) is 1.86. The lowest BCUT2D eigenvalue weighted by atomic mass is 10.1. The molecule has 1 amide bonds. The number of benzene rings is 1. The molecule has 132 valence electrons. The average Bonchev–Trinajstić information content (AvgIpc) is 2.52. The molecule has 0 saturated heterocycles. The van der Waals surface area contributed by atoms with E-state index in [9.17, 15) is 4.79 Å². The zero-order chi connectivity index (χ0) is 16.4. The van der Waals surface area contributed by atoms with Crippen LogP contribution >= 0.6 is 12.4 Å². The molecule has 23 heavy (non-hydrogen) atoms. The Hall–Kier alpha value is -1.46. The lowest BCUT2D eigenvalue weighted by Gasteiger charge is -2.15. The Kier molecular flexibility index (Phi) is 11.3. The van der Waals surface area contributed by atoms with E-state index in [1.807, 2.05) is 32.2 Å². The molecule has 0 spiro atoms. The van der Waals surface area contributed by atoms with Crippen LogP contribution in [0.1, 0.15) is 33.6 Å². The van der Waals surface area contributed by atoms with Gasteiger partial charge in [0, 0.05) is 24.2 Å². The zero-order valence-electron chi connectivity index (χ0n) is 14.5. The number of amides is 1. The van der Waals surface area contributed by atoms with E-state index < -0.39 is 0 Å². The van der Waals surface area contributed by atoms with E-state index in [4.69, 9.17) is 9.47 Å². The summed E-state index contributed by atoms with van der Waals surface area (Å²) in [7, 11) is 1.83. The number of carbonyl (C=O) groups is 1. The van der Waals surface area contributed by atoms with Crippen molar-refractivity contribution in [1.82, 2.24) is 5.32 Å². The van der Waals surface area contributed by atoms with E-state index in [2.05, 4.69) is 24.5 Å². The summed E-state index contributed by atoms with van der Waals surface area (Å²) >= 11 is 0. The first-order valence-electron chi connectivity index (χ1n) is 7.97. The minimum absolute atomic E-state index is 0. The Labute approximate surface area is 145 Å². The van der Waals surface area contributed by atoms with Crippen LogP contribution in [0.2, 0.25) is 0 Å². The van der Waals surface area contributed by atoms with Gasteiger partial charge in [0.25, 0.3) is 0 Å². The molecule has 0 aromatic heterocycles. The van der Waals surface area contributed by atoms with Gasteiger partial charge >= 0.3 is 0 Å². The summed E-state index contributed by atoms with van der Waals surface area (Å²) in [6, 6.07) is 5.51. The monoisotopic (exact) mass is 344 g/mol. The van der Waals surface area contributed by atoms with E-state index in [0.717, 1.165) is 24.3 Å². The average molecular weight is 345 g/mol. The number of halogens is 1. The van der Waals surface area contributed by atoms with E-state index in [1.54, 1.807) is 0 Å². The molecule has 6 heteroatoms. The molecule has 2 N–H and O–H groups in total. The maximum absolute atomic E-state index is 12.1. The van der Waals surface area contributed by atoms with Crippen molar-refractivity contribution in [1.29, 1.82) is 0 Å². The minimum Gasteiger partial charge on any atom is -0.490 e. The van der Waals surface area contributed by atoms with E-state index in [0.29, 0.717) is 25.5 Å². The highest BCUT2D eigenvalue weighted by atomic mass is 35.5. The van der Waals surface area contributed by atoms with Gasteiger partial charge in [-0.15, -0.1) is 12.4 Å². The van der Waals surface area contributed by atoms with Gasteiger partial charge in [-0.05, 0) is 32.0 Å². The molecule has 5 nitrogen and oxygen atoms in total. The normalized spacial score (nSPS) is 11.3. The molecule has 1 aromatic rings. The molecular formula is C17H29ClN2O3. The van der Waals surface area contributed by atoms with Crippen molar-refractivity contribution < 1.29 is 14.3 Å². The first-order chi connectivity index (χ1) is 10.6. The third-order valence-corrected chi connectivity index (χ3v) is 3.09. The fraction of sp³-hybridized carbons (Fsp3) is 0.588. The van der Waals surface area contributed by atoms with Crippen molar-refractivity contribution in [3.63, 3.8) is 0 Å². The van der Waals surface area contributed by atoms with Crippen LogP contribution in [0.3, 0.4) is 0 Å². The van der Waals surface area contributed by atoms with Crippen molar-refractivity contribution in [2.75, 3.05) is 32.1 Å². The Bertz CT molecular complexity index is 469. The minimum atomic E-state index is -0.0963. The standard InChI is InChI=1S/C17H28N2O3.ClH/c1-5-9-21-15-8-7-14(11-16(15)22-10-6-2)19-17(20)13(3)12-18-4;/h7-8,11,13,18H,5-6,9-10,12H2,1-4H3,(H,19,20);1H. The van der Waals surface area contributed by atoms with Crippen molar-refractivity contribution >= 4 is 24.0 Å². The predicted octanol–water partition coefficient (Wildman–Crippen LogP) is 3.48. The molecule has 1 aromatic carbocycles. The highest BCUT2D eigenvalue weighted by Crippen LogP contribution is 2.31. The number of ether oxygens (including phenoxy) is 2. The van der Waals surface area contributed by atoms with E-state index in [-0.39, 0.29) is 24.2 Å². The smallest absolute Gasteiger partial charge is 0.228 e. The second-order valence-electron chi connectivity index (χ2n) is 5.31. The number of nitrogens with one attached hydrogen (secondary N) is 2. The fourth-order valence-corrected chi connectivity index (χ4v) is 1.91. The van der Waals surface area contributed by atoms with Gasteiger partial charge in [-0.3, -0.25) is 4.79 Å². The SMILES string of the molecule is CCCOc1ccc(NC(=O)C(C)CNC)cc1OCCC.Cl. The number of anilines is 1. The van der Waals surface area contributed by atoms with Gasteiger partial charge in [-0.25, -0.2) is 0 Å². The lowest BCUT2D eigenvalue weighted by molar-refractivity contribution is -0.119. The summed E-state index contributed by atoms with van der Waals surface area (Å²) in [6.45, 7) is 7.91. The van der Waals surface area contributed by atoms with Crippen LogP contribution in [-0.4, -0.2) is 32.7 Å². The van der Waals surface area contributed by atoms with Gasteiger partial charge in [0.15, 0.2) is 11.5 Å². The summed E-state index contributed by atoms with van der Waals surface area (Å²) in [5.41, 5.74) is 0.725. The third kappa shape index (κ3) is 7.57. The number of hydrogen-bond donors (Lipinski definition) is 2. The zero-order valence-corrected chi connectivity index (χ0v) is 15.3. The molecule has 0 bridgehead atoms.